The van der Waals surface area contributed by atoms with Crippen molar-refractivity contribution in [2.75, 3.05) is 26.5 Å². The number of nitrogens with zero attached hydrogens (tertiary/aromatic N) is 2. The van der Waals surface area contributed by atoms with Crippen LogP contribution in [0, 0.1) is 6.92 Å². The second-order valence-electron chi connectivity index (χ2n) is 7.56. The van der Waals surface area contributed by atoms with Crippen LogP contribution in [0.2, 0.25) is 0 Å². The average molecular weight is 375 g/mol. The van der Waals surface area contributed by atoms with Crippen molar-refractivity contribution in [2.24, 2.45) is 0 Å². The Labute approximate surface area is 165 Å². The van der Waals surface area contributed by atoms with Gasteiger partial charge in [0.25, 0.3) is 5.91 Å². The molecule has 3 aromatic rings. The Hall–Kier alpha value is -3.08. The maximum Gasteiger partial charge on any atom is 0.253 e. The Kier molecular flexibility index (Phi) is 4.67. The van der Waals surface area contributed by atoms with Gasteiger partial charge in [-0.3, -0.25) is 4.79 Å². The van der Waals surface area contributed by atoms with Gasteiger partial charge in [0.05, 0.1) is 18.3 Å². The van der Waals surface area contributed by atoms with Gasteiger partial charge in [-0.1, -0.05) is 0 Å². The van der Waals surface area contributed by atoms with Crippen LogP contribution in [0.1, 0.15) is 33.5 Å². The van der Waals surface area contributed by atoms with Gasteiger partial charge in [0.15, 0.2) is 0 Å². The van der Waals surface area contributed by atoms with E-state index in [0.29, 0.717) is 11.3 Å². The molecule has 5 nitrogen and oxygen atoms in total. The van der Waals surface area contributed by atoms with E-state index in [1.165, 1.54) is 28.5 Å². The molecule has 0 saturated heterocycles. The minimum Gasteiger partial charge on any atom is -0.495 e. The number of amides is 1. The SMILES string of the molecule is COc1ccc(C(=O)N(C)C)cc1Nc1cc(C)c2cc3c(cc2n1)CCC3. The van der Waals surface area contributed by atoms with E-state index >= 15 is 0 Å². The number of carbonyl (C=O) groups is 1. The zero-order valence-corrected chi connectivity index (χ0v) is 16.8. The number of hydrogen-bond acceptors (Lipinski definition) is 4. The molecule has 0 unspecified atom stereocenters. The number of ether oxygens (including phenoxy) is 1. The zero-order chi connectivity index (χ0) is 19.8. The molecule has 1 heterocycles. The van der Waals surface area contributed by atoms with Gasteiger partial charge in [0, 0.05) is 25.0 Å². The van der Waals surface area contributed by atoms with Crippen molar-refractivity contribution >= 4 is 28.3 Å². The molecule has 0 bridgehead atoms. The highest BCUT2D eigenvalue weighted by molar-refractivity contribution is 5.95. The van der Waals surface area contributed by atoms with Crippen LogP contribution in [0.4, 0.5) is 11.5 Å². The topological polar surface area (TPSA) is 54.5 Å². The molecular weight excluding hydrogens is 350 g/mol. The number of benzene rings is 2. The maximum absolute atomic E-state index is 12.3. The van der Waals surface area contributed by atoms with Crippen LogP contribution >= 0.6 is 0 Å². The first-order valence-electron chi connectivity index (χ1n) is 9.56. The molecule has 1 N–H and O–H groups in total. The van der Waals surface area contributed by atoms with Crippen LogP contribution in [0.3, 0.4) is 0 Å². The van der Waals surface area contributed by atoms with Crippen molar-refractivity contribution in [3.8, 4) is 5.75 Å². The molecule has 28 heavy (non-hydrogen) atoms. The van der Waals surface area contributed by atoms with Crippen LogP contribution in [-0.2, 0) is 12.8 Å². The van der Waals surface area contributed by atoms with Crippen LogP contribution in [0.25, 0.3) is 10.9 Å². The van der Waals surface area contributed by atoms with Crippen molar-refractivity contribution in [1.82, 2.24) is 9.88 Å². The molecule has 2 aromatic carbocycles. The lowest BCUT2D eigenvalue weighted by atomic mass is 10.0. The number of hydrogen-bond donors (Lipinski definition) is 1. The molecule has 144 valence electrons. The van der Waals surface area contributed by atoms with E-state index in [4.69, 9.17) is 9.72 Å². The van der Waals surface area contributed by atoms with Crippen molar-refractivity contribution in [3.63, 3.8) is 0 Å². The molecule has 1 aromatic heterocycles. The predicted molar refractivity (Wildman–Crippen MR) is 113 cm³/mol. The van der Waals surface area contributed by atoms with Gasteiger partial charge in [-0.05, 0) is 79.3 Å². The summed E-state index contributed by atoms with van der Waals surface area (Å²) < 4.78 is 5.48. The van der Waals surface area contributed by atoms with Gasteiger partial charge in [-0.2, -0.15) is 0 Å². The zero-order valence-electron chi connectivity index (χ0n) is 16.8. The molecule has 0 fully saturated rings. The summed E-state index contributed by atoms with van der Waals surface area (Å²) >= 11 is 0. The first-order chi connectivity index (χ1) is 13.5. The van der Waals surface area contributed by atoms with Crippen molar-refractivity contribution < 1.29 is 9.53 Å². The standard InChI is InChI=1S/C23H25N3O2/c1-14-10-22(24-19-12-16-7-5-6-15(16)11-18(14)19)25-20-13-17(23(27)26(2)3)8-9-21(20)28-4/h8-13H,5-7H2,1-4H3,(H,24,25). The number of nitrogens with one attached hydrogen (secondary N) is 1. The van der Waals surface area contributed by atoms with E-state index in [9.17, 15) is 4.79 Å². The number of fused-ring (bicyclic) bond motifs is 2. The Morgan fingerprint density at radius 3 is 2.57 bits per heavy atom. The number of methoxy groups -OCH3 is 1. The fraction of sp³-hybridized carbons (Fsp3) is 0.304. The maximum atomic E-state index is 12.3. The quantitative estimate of drug-likeness (QED) is 0.730. The Balaban J connectivity index is 1.74. The third kappa shape index (κ3) is 3.28. The summed E-state index contributed by atoms with van der Waals surface area (Å²) in [5, 5.41) is 4.55. The minimum atomic E-state index is -0.0519. The number of aromatic nitrogens is 1. The molecule has 1 amide bonds. The molecule has 0 aliphatic heterocycles. The van der Waals surface area contributed by atoms with Crippen molar-refractivity contribution in [2.45, 2.75) is 26.2 Å². The highest BCUT2D eigenvalue weighted by Gasteiger charge is 2.15. The van der Waals surface area contributed by atoms with E-state index < -0.39 is 0 Å². The molecule has 1 aliphatic rings. The van der Waals surface area contributed by atoms with Crippen molar-refractivity contribution in [1.29, 1.82) is 0 Å². The Bertz CT molecular complexity index is 1070. The molecule has 1 aliphatic carbocycles. The third-order valence-electron chi connectivity index (χ3n) is 5.34. The monoisotopic (exact) mass is 375 g/mol. The van der Waals surface area contributed by atoms with Gasteiger partial charge in [0.2, 0.25) is 0 Å². The van der Waals surface area contributed by atoms with Gasteiger partial charge >= 0.3 is 0 Å². The summed E-state index contributed by atoms with van der Waals surface area (Å²) in [5.74, 6) is 1.36. The number of anilines is 2. The van der Waals surface area contributed by atoms with Crippen LogP contribution in [0.15, 0.2) is 36.4 Å². The Morgan fingerprint density at radius 1 is 1.11 bits per heavy atom. The lowest BCUT2D eigenvalue weighted by molar-refractivity contribution is 0.0827. The molecule has 0 atom stereocenters. The van der Waals surface area contributed by atoms with E-state index in [2.05, 4.69) is 24.4 Å². The van der Waals surface area contributed by atoms with Gasteiger partial charge in [0.1, 0.15) is 11.6 Å². The summed E-state index contributed by atoms with van der Waals surface area (Å²) in [6.45, 7) is 2.11. The predicted octanol–water partition coefficient (Wildman–Crippen LogP) is 4.49. The first-order valence-corrected chi connectivity index (χ1v) is 9.56. The molecule has 4 rings (SSSR count). The summed E-state index contributed by atoms with van der Waals surface area (Å²) in [6, 6.07) is 11.9. The summed E-state index contributed by atoms with van der Waals surface area (Å²) in [6.07, 6.45) is 3.51. The van der Waals surface area contributed by atoms with Crippen LogP contribution in [-0.4, -0.2) is 37.0 Å². The summed E-state index contributed by atoms with van der Waals surface area (Å²) in [4.78, 5) is 18.7. The van der Waals surface area contributed by atoms with Crippen LogP contribution in [0.5, 0.6) is 5.75 Å². The second-order valence-corrected chi connectivity index (χ2v) is 7.56. The normalized spacial score (nSPS) is 12.7. The Morgan fingerprint density at radius 2 is 1.86 bits per heavy atom. The summed E-state index contributed by atoms with van der Waals surface area (Å²) in [5.41, 5.74) is 6.37. The van der Waals surface area contributed by atoms with E-state index in [1.54, 1.807) is 38.2 Å². The van der Waals surface area contributed by atoms with Crippen LogP contribution < -0.4 is 10.1 Å². The molecule has 0 spiro atoms. The fourth-order valence-electron chi connectivity index (χ4n) is 3.86. The van der Waals surface area contributed by atoms with Gasteiger partial charge < -0.3 is 15.0 Å². The van der Waals surface area contributed by atoms with E-state index in [0.717, 1.165) is 29.9 Å². The number of carbonyl (C=O) groups excluding carboxylic acids is 1. The van der Waals surface area contributed by atoms with E-state index in [1.807, 2.05) is 12.1 Å². The first kappa shape index (κ1) is 18.3. The highest BCUT2D eigenvalue weighted by atomic mass is 16.5. The smallest absolute Gasteiger partial charge is 0.253 e. The molecule has 0 saturated carbocycles. The lowest BCUT2D eigenvalue weighted by Gasteiger charge is -2.16. The number of pyridine rings is 1. The third-order valence-corrected chi connectivity index (χ3v) is 5.34. The number of aryl methyl sites for hydroxylation is 3. The molecular formula is C23H25N3O2. The largest absolute Gasteiger partial charge is 0.495 e. The average Bonchev–Trinajstić information content (AvgIpc) is 3.13. The lowest BCUT2D eigenvalue weighted by Crippen LogP contribution is -2.21. The summed E-state index contributed by atoms with van der Waals surface area (Å²) in [7, 11) is 5.11. The van der Waals surface area contributed by atoms with Gasteiger partial charge in [-0.25, -0.2) is 4.98 Å². The minimum absolute atomic E-state index is 0.0519. The van der Waals surface area contributed by atoms with Gasteiger partial charge in [-0.15, -0.1) is 0 Å². The number of rotatable bonds is 4. The molecule has 0 radical (unpaired) electrons. The highest BCUT2D eigenvalue weighted by Crippen LogP contribution is 2.32. The fourth-order valence-corrected chi connectivity index (χ4v) is 3.86. The second kappa shape index (κ2) is 7.15. The van der Waals surface area contributed by atoms with E-state index in [-0.39, 0.29) is 5.91 Å². The molecule has 5 heteroatoms. The van der Waals surface area contributed by atoms with Crippen molar-refractivity contribution in [3.05, 3.63) is 58.7 Å².